The first kappa shape index (κ1) is 15.4. The molecule has 98 valence electrons. The highest BCUT2D eigenvalue weighted by Gasteiger charge is 2.22. The SMILES string of the molecule is CCC(NC(=O)C(C)N)C(=O)NC(C)C(N)=O. The highest BCUT2D eigenvalue weighted by molar-refractivity contribution is 5.92. The van der Waals surface area contributed by atoms with Gasteiger partial charge >= 0.3 is 0 Å². The minimum absolute atomic E-state index is 0.399. The molecule has 3 atom stereocenters. The number of carbonyl (C=O) groups is 3. The van der Waals surface area contributed by atoms with E-state index in [-0.39, 0.29) is 0 Å². The van der Waals surface area contributed by atoms with Gasteiger partial charge in [0.1, 0.15) is 12.1 Å². The van der Waals surface area contributed by atoms with Gasteiger partial charge in [-0.2, -0.15) is 0 Å². The first-order valence-corrected chi connectivity index (χ1v) is 5.45. The molecule has 3 amide bonds. The van der Waals surface area contributed by atoms with Crippen LogP contribution in [0, 0.1) is 0 Å². The van der Waals surface area contributed by atoms with Gasteiger partial charge in [0.05, 0.1) is 6.04 Å². The van der Waals surface area contributed by atoms with Crippen molar-refractivity contribution in [1.82, 2.24) is 10.6 Å². The summed E-state index contributed by atoms with van der Waals surface area (Å²) >= 11 is 0. The summed E-state index contributed by atoms with van der Waals surface area (Å²) < 4.78 is 0. The zero-order chi connectivity index (χ0) is 13.6. The van der Waals surface area contributed by atoms with Crippen LogP contribution in [-0.2, 0) is 14.4 Å². The number of hydrogen-bond acceptors (Lipinski definition) is 4. The molecule has 0 aliphatic heterocycles. The molecule has 7 heteroatoms. The molecular formula is C10H20N4O3. The van der Waals surface area contributed by atoms with E-state index in [2.05, 4.69) is 10.6 Å². The average Bonchev–Trinajstić information content (AvgIpc) is 2.24. The molecule has 0 heterocycles. The Morgan fingerprint density at radius 1 is 1.12 bits per heavy atom. The maximum atomic E-state index is 11.7. The van der Waals surface area contributed by atoms with Crippen molar-refractivity contribution in [2.24, 2.45) is 11.5 Å². The molecule has 6 N–H and O–H groups in total. The number of amides is 3. The lowest BCUT2D eigenvalue weighted by atomic mass is 10.1. The van der Waals surface area contributed by atoms with Crippen LogP contribution in [-0.4, -0.2) is 35.8 Å². The van der Waals surface area contributed by atoms with Gasteiger partial charge in [0, 0.05) is 0 Å². The van der Waals surface area contributed by atoms with E-state index < -0.39 is 35.8 Å². The molecule has 0 aliphatic carbocycles. The number of primary amides is 1. The molecule has 0 saturated heterocycles. The third-order valence-electron chi connectivity index (χ3n) is 2.24. The Morgan fingerprint density at radius 3 is 2.00 bits per heavy atom. The summed E-state index contributed by atoms with van der Waals surface area (Å²) in [5.41, 5.74) is 10.4. The van der Waals surface area contributed by atoms with Gasteiger partial charge in [0.15, 0.2) is 0 Å². The van der Waals surface area contributed by atoms with E-state index in [4.69, 9.17) is 11.5 Å². The highest BCUT2D eigenvalue weighted by Crippen LogP contribution is 1.94. The lowest BCUT2D eigenvalue weighted by molar-refractivity contribution is -0.131. The molecule has 7 nitrogen and oxygen atoms in total. The largest absolute Gasteiger partial charge is 0.368 e. The van der Waals surface area contributed by atoms with Crippen LogP contribution in [0.2, 0.25) is 0 Å². The fourth-order valence-electron chi connectivity index (χ4n) is 1.04. The first-order chi connectivity index (χ1) is 7.79. The van der Waals surface area contributed by atoms with Crippen LogP contribution in [0.5, 0.6) is 0 Å². The minimum Gasteiger partial charge on any atom is -0.368 e. The maximum Gasteiger partial charge on any atom is 0.243 e. The van der Waals surface area contributed by atoms with Crippen LogP contribution in [0.1, 0.15) is 27.2 Å². The van der Waals surface area contributed by atoms with Crippen molar-refractivity contribution in [2.75, 3.05) is 0 Å². The molecule has 17 heavy (non-hydrogen) atoms. The molecule has 0 rings (SSSR count). The third-order valence-corrected chi connectivity index (χ3v) is 2.24. The van der Waals surface area contributed by atoms with Crippen molar-refractivity contribution >= 4 is 17.7 Å². The number of nitrogens with one attached hydrogen (secondary N) is 2. The first-order valence-electron chi connectivity index (χ1n) is 5.45. The van der Waals surface area contributed by atoms with Crippen molar-refractivity contribution in [2.45, 2.75) is 45.3 Å². The van der Waals surface area contributed by atoms with E-state index in [1.807, 2.05) is 0 Å². The normalized spacial score (nSPS) is 15.5. The van der Waals surface area contributed by atoms with Gasteiger partial charge in [-0.25, -0.2) is 0 Å². The highest BCUT2D eigenvalue weighted by atomic mass is 16.2. The zero-order valence-electron chi connectivity index (χ0n) is 10.3. The average molecular weight is 244 g/mol. The van der Waals surface area contributed by atoms with Crippen LogP contribution >= 0.6 is 0 Å². The molecule has 0 radical (unpaired) electrons. The van der Waals surface area contributed by atoms with E-state index in [0.29, 0.717) is 6.42 Å². The van der Waals surface area contributed by atoms with E-state index in [9.17, 15) is 14.4 Å². The molecule has 0 fully saturated rings. The molecule has 0 spiro atoms. The van der Waals surface area contributed by atoms with Crippen LogP contribution in [0.15, 0.2) is 0 Å². The van der Waals surface area contributed by atoms with Gasteiger partial charge in [0.2, 0.25) is 17.7 Å². The van der Waals surface area contributed by atoms with Gasteiger partial charge in [0.25, 0.3) is 0 Å². The lowest BCUT2D eigenvalue weighted by Crippen LogP contribution is -2.53. The van der Waals surface area contributed by atoms with Gasteiger partial charge in [-0.1, -0.05) is 6.92 Å². The van der Waals surface area contributed by atoms with Crippen LogP contribution in [0.25, 0.3) is 0 Å². The van der Waals surface area contributed by atoms with Gasteiger partial charge < -0.3 is 22.1 Å². The Morgan fingerprint density at radius 2 is 1.65 bits per heavy atom. The summed E-state index contributed by atoms with van der Waals surface area (Å²) in [5.74, 6) is -1.50. The molecule has 0 aromatic carbocycles. The second-order valence-electron chi connectivity index (χ2n) is 3.89. The Balaban J connectivity index is 4.41. The van der Waals surface area contributed by atoms with E-state index in [1.165, 1.54) is 13.8 Å². The Labute approximate surface area is 100 Å². The van der Waals surface area contributed by atoms with Gasteiger partial charge in [-0.15, -0.1) is 0 Å². The van der Waals surface area contributed by atoms with Crippen molar-refractivity contribution in [3.8, 4) is 0 Å². The third kappa shape index (κ3) is 5.30. The molecule has 0 saturated carbocycles. The number of carbonyl (C=O) groups excluding carboxylic acids is 3. The minimum atomic E-state index is -0.774. The molecule has 0 aromatic rings. The lowest BCUT2D eigenvalue weighted by Gasteiger charge is -2.19. The molecule has 0 aromatic heterocycles. The van der Waals surface area contributed by atoms with Crippen LogP contribution in [0.3, 0.4) is 0 Å². The topological polar surface area (TPSA) is 127 Å². The molecule has 3 unspecified atom stereocenters. The van der Waals surface area contributed by atoms with Crippen molar-refractivity contribution < 1.29 is 14.4 Å². The molecular weight excluding hydrogens is 224 g/mol. The van der Waals surface area contributed by atoms with E-state index >= 15 is 0 Å². The summed E-state index contributed by atoms with van der Waals surface area (Å²) in [6.07, 6.45) is 0.399. The fraction of sp³-hybridized carbons (Fsp3) is 0.700. The second-order valence-corrected chi connectivity index (χ2v) is 3.89. The number of rotatable bonds is 6. The molecule has 0 aliphatic rings. The predicted molar refractivity (Wildman–Crippen MR) is 62.7 cm³/mol. The summed E-state index contributed by atoms with van der Waals surface area (Å²) in [7, 11) is 0. The summed E-state index contributed by atoms with van der Waals surface area (Å²) in [6, 6.07) is -2.18. The monoisotopic (exact) mass is 244 g/mol. The number of nitrogens with two attached hydrogens (primary N) is 2. The van der Waals surface area contributed by atoms with E-state index in [1.54, 1.807) is 6.92 Å². The Bertz CT molecular complexity index is 304. The smallest absolute Gasteiger partial charge is 0.243 e. The van der Waals surface area contributed by atoms with Gasteiger partial charge in [-0.3, -0.25) is 14.4 Å². The Hall–Kier alpha value is -1.63. The summed E-state index contributed by atoms with van der Waals surface area (Å²) in [4.78, 5) is 33.8. The summed E-state index contributed by atoms with van der Waals surface area (Å²) in [6.45, 7) is 4.73. The van der Waals surface area contributed by atoms with Gasteiger partial charge in [-0.05, 0) is 20.3 Å². The quantitative estimate of drug-likeness (QED) is 0.440. The predicted octanol–water partition coefficient (Wildman–Crippen LogP) is -1.78. The Kier molecular flexibility index (Phi) is 6.19. The fourth-order valence-corrected chi connectivity index (χ4v) is 1.04. The number of hydrogen-bond donors (Lipinski definition) is 4. The van der Waals surface area contributed by atoms with Crippen molar-refractivity contribution in [3.05, 3.63) is 0 Å². The molecule has 0 bridgehead atoms. The van der Waals surface area contributed by atoms with Crippen LogP contribution < -0.4 is 22.1 Å². The summed E-state index contributed by atoms with van der Waals surface area (Å²) in [5, 5.41) is 4.89. The van der Waals surface area contributed by atoms with E-state index in [0.717, 1.165) is 0 Å². The van der Waals surface area contributed by atoms with Crippen molar-refractivity contribution in [1.29, 1.82) is 0 Å². The standard InChI is InChI=1S/C10H20N4O3/c1-4-7(14-9(16)5(2)11)10(17)13-6(3)8(12)15/h5-7H,4,11H2,1-3H3,(H2,12,15)(H,13,17)(H,14,16). The zero-order valence-corrected chi connectivity index (χ0v) is 10.3. The second kappa shape index (κ2) is 6.85. The maximum absolute atomic E-state index is 11.7. The van der Waals surface area contributed by atoms with Crippen LogP contribution in [0.4, 0.5) is 0 Å². The van der Waals surface area contributed by atoms with Crippen molar-refractivity contribution in [3.63, 3.8) is 0 Å².